The maximum atomic E-state index is 13.5. The van der Waals surface area contributed by atoms with Crippen LogP contribution in [0.25, 0.3) is 0 Å². The Balaban J connectivity index is 2.36. The van der Waals surface area contributed by atoms with E-state index >= 15 is 0 Å². The quantitative estimate of drug-likeness (QED) is 0.510. The van der Waals surface area contributed by atoms with Gasteiger partial charge in [-0.05, 0) is 32.1 Å². The Hall–Kier alpha value is -0.790. The molecule has 3 aliphatic rings. The molecule has 0 aromatic heterocycles. The second kappa shape index (κ2) is 5.42. The first kappa shape index (κ1) is 20.9. The van der Waals surface area contributed by atoms with Gasteiger partial charge in [0.05, 0.1) is 17.8 Å². The van der Waals surface area contributed by atoms with Crippen LogP contribution in [0.2, 0.25) is 0 Å². The molecule has 0 spiro atoms. The molecule has 27 heavy (non-hydrogen) atoms. The van der Waals surface area contributed by atoms with Crippen LogP contribution in [0, 0.1) is 16.2 Å². The number of hydrogen-bond donors (Lipinski definition) is 4. The number of ether oxygens (including phenoxy) is 1. The number of ketones is 1. The van der Waals surface area contributed by atoms with Crippen molar-refractivity contribution in [3.8, 4) is 0 Å². The van der Waals surface area contributed by atoms with E-state index in [2.05, 4.69) is 6.58 Å². The highest BCUT2D eigenvalue weighted by Crippen LogP contribution is 2.72. The Morgan fingerprint density at radius 3 is 2.11 bits per heavy atom. The number of Topliss-reactive ketones (excluding diaryl/α,β-unsaturated/α-hetero) is 1. The van der Waals surface area contributed by atoms with Crippen LogP contribution >= 0.6 is 0 Å². The molecule has 6 nitrogen and oxygen atoms in total. The lowest BCUT2D eigenvalue weighted by Gasteiger charge is -2.75. The summed E-state index contributed by atoms with van der Waals surface area (Å²) in [6, 6.07) is 0. The second-order valence-corrected chi connectivity index (χ2v) is 10.3. The maximum Gasteiger partial charge on any atom is 0.171 e. The highest BCUT2D eigenvalue weighted by atomic mass is 16.6. The first-order valence-corrected chi connectivity index (χ1v) is 9.73. The van der Waals surface area contributed by atoms with Gasteiger partial charge in [-0.2, -0.15) is 0 Å². The summed E-state index contributed by atoms with van der Waals surface area (Å²) >= 11 is 0. The normalized spacial score (nSPS) is 57.6. The third-order valence-corrected chi connectivity index (χ3v) is 8.91. The third-order valence-electron chi connectivity index (χ3n) is 8.91. The van der Waals surface area contributed by atoms with E-state index in [-0.39, 0.29) is 6.42 Å². The predicted molar refractivity (Wildman–Crippen MR) is 99.9 cm³/mol. The van der Waals surface area contributed by atoms with Crippen LogP contribution in [0.4, 0.5) is 0 Å². The lowest BCUT2D eigenvalue weighted by atomic mass is 9.33. The smallest absolute Gasteiger partial charge is 0.171 e. The summed E-state index contributed by atoms with van der Waals surface area (Å²) in [6.07, 6.45) is -1.53. The van der Waals surface area contributed by atoms with Crippen molar-refractivity contribution in [2.45, 2.75) is 95.9 Å². The van der Waals surface area contributed by atoms with Gasteiger partial charge in [-0.1, -0.05) is 33.8 Å². The molecule has 6 heteroatoms. The van der Waals surface area contributed by atoms with Crippen molar-refractivity contribution in [3.05, 3.63) is 12.7 Å². The van der Waals surface area contributed by atoms with Crippen LogP contribution in [0.5, 0.6) is 0 Å². The van der Waals surface area contributed by atoms with Crippen molar-refractivity contribution < 1.29 is 30.0 Å². The van der Waals surface area contributed by atoms with E-state index < -0.39 is 57.1 Å². The zero-order valence-corrected chi connectivity index (χ0v) is 17.2. The van der Waals surface area contributed by atoms with E-state index in [1.807, 2.05) is 13.8 Å². The molecule has 3 fully saturated rings. The van der Waals surface area contributed by atoms with Crippen molar-refractivity contribution in [3.63, 3.8) is 0 Å². The van der Waals surface area contributed by atoms with E-state index in [4.69, 9.17) is 4.74 Å². The van der Waals surface area contributed by atoms with Crippen molar-refractivity contribution in [1.82, 2.24) is 0 Å². The molecule has 1 heterocycles. The summed E-state index contributed by atoms with van der Waals surface area (Å²) in [5.74, 6) is -0.505. The molecule has 4 N–H and O–H groups in total. The molecule has 0 amide bonds. The Bertz CT molecular complexity index is 690. The summed E-state index contributed by atoms with van der Waals surface area (Å²) in [7, 11) is 0. The average molecular weight is 382 g/mol. The molecule has 8 atom stereocenters. The van der Waals surface area contributed by atoms with Crippen molar-refractivity contribution in [2.24, 2.45) is 16.2 Å². The Morgan fingerprint density at radius 2 is 1.59 bits per heavy atom. The minimum atomic E-state index is -2.17. The first-order valence-electron chi connectivity index (χ1n) is 9.73. The van der Waals surface area contributed by atoms with Crippen molar-refractivity contribution in [1.29, 1.82) is 0 Å². The van der Waals surface area contributed by atoms with Gasteiger partial charge in [-0.3, -0.25) is 4.79 Å². The van der Waals surface area contributed by atoms with Crippen LogP contribution in [0.1, 0.15) is 60.8 Å². The summed E-state index contributed by atoms with van der Waals surface area (Å²) in [5.41, 5.74) is -8.16. The van der Waals surface area contributed by atoms with Gasteiger partial charge in [-0.25, -0.2) is 0 Å². The largest absolute Gasteiger partial charge is 0.392 e. The van der Waals surface area contributed by atoms with Gasteiger partial charge < -0.3 is 25.2 Å². The lowest BCUT2D eigenvalue weighted by Crippen LogP contribution is -2.89. The monoisotopic (exact) mass is 382 g/mol. The Labute approximate surface area is 161 Å². The number of rotatable bonds is 1. The maximum absolute atomic E-state index is 13.5. The molecule has 0 aromatic rings. The summed E-state index contributed by atoms with van der Waals surface area (Å²) in [5, 5.41) is 45.6. The molecule has 154 valence electrons. The highest BCUT2D eigenvalue weighted by Gasteiger charge is 2.84. The van der Waals surface area contributed by atoms with Crippen LogP contribution in [-0.2, 0) is 9.53 Å². The first-order chi connectivity index (χ1) is 12.1. The average Bonchev–Trinajstić information content (AvgIpc) is 2.59. The summed E-state index contributed by atoms with van der Waals surface area (Å²) < 4.78 is 6.14. The molecule has 2 saturated carbocycles. The van der Waals surface area contributed by atoms with Gasteiger partial charge in [0.25, 0.3) is 0 Å². The number of carbonyl (C=O) groups is 1. The van der Waals surface area contributed by atoms with Gasteiger partial charge in [0.2, 0.25) is 0 Å². The third kappa shape index (κ3) is 1.96. The van der Waals surface area contributed by atoms with Crippen molar-refractivity contribution >= 4 is 5.78 Å². The molecule has 0 radical (unpaired) electrons. The van der Waals surface area contributed by atoms with Gasteiger partial charge >= 0.3 is 0 Å². The Kier molecular flexibility index (Phi) is 4.20. The van der Waals surface area contributed by atoms with Crippen LogP contribution in [0.3, 0.4) is 0 Å². The molecule has 0 bridgehead atoms. The van der Waals surface area contributed by atoms with Crippen molar-refractivity contribution in [2.75, 3.05) is 0 Å². The van der Waals surface area contributed by atoms with Gasteiger partial charge in [0.15, 0.2) is 11.4 Å². The Morgan fingerprint density at radius 1 is 1.04 bits per heavy atom. The summed E-state index contributed by atoms with van der Waals surface area (Å²) in [6.45, 7) is 14.2. The highest BCUT2D eigenvalue weighted by molar-refractivity contribution is 5.92. The number of aliphatic hydroxyl groups excluding tert-OH is 3. The summed E-state index contributed by atoms with van der Waals surface area (Å²) in [4.78, 5) is 13.5. The van der Waals surface area contributed by atoms with Gasteiger partial charge in [0.1, 0.15) is 11.7 Å². The minimum absolute atomic E-state index is 0.121. The van der Waals surface area contributed by atoms with Crippen LogP contribution in [0.15, 0.2) is 12.7 Å². The zero-order valence-electron chi connectivity index (χ0n) is 17.2. The molecule has 2 aliphatic carbocycles. The second-order valence-electron chi connectivity index (χ2n) is 10.3. The molecule has 1 saturated heterocycles. The SMILES string of the molecule is C=CC1(C)CC(=O)[C@]2(O)[C@@]3(C)[C@@H](O)CCC(C)(C)[C@]3(C)[C@H](O)[C@H](O)[C@@]2(C)O1. The minimum Gasteiger partial charge on any atom is -0.392 e. The van der Waals surface area contributed by atoms with Gasteiger partial charge in [-0.15, -0.1) is 6.58 Å². The molecule has 0 aromatic carbocycles. The van der Waals surface area contributed by atoms with Crippen LogP contribution in [-0.4, -0.2) is 61.3 Å². The zero-order chi connectivity index (χ0) is 20.8. The predicted octanol–water partition coefficient (Wildman–Crippen LogP) is 1.34. The van der Waals surface area contributed by atoms with E-state index in [1.54, 1.807) is 20.8 Å². The molecule has 3 rings (SSSR count). The van der Waals surface area contributed by atoms with E-state index in [9.17, 15) is 25.2 Å². The fourth-order valence-electron chi connectivity index (χ4n) is 6.55. The lowest BCUT2D eigenvalue weighted by molar-refractivity contribution is -0.395. The number of carbonyl (C=O) groups excluding carboxylic acids is 1. The fraction of sp³-hybridized carbons (Fsp3) is 0.857. The van der Waals surface area contributed by atoms with E-state index in [1.165, 1.54) is 13.0 Å². The van der Waals surface area contributed by atoms with E-state index in [0.717, 1.165) is 0 Å². The number of fused-ring (bicyclic) bond motifs is 3. The number of aliphatic hydroxyl groups is 4. The van der Waals surface area contributed by atoms with Crippen LogP contribution < -0.4 is 0 Å². The molecular weight excluding hydrogens is 348 g/mol. The topological polar surface area (TPSA) is 107 Å². The molecular formula is C21H34O6. The standard InChI is InChI=1S/C21H34O6/c1-8-17(4)11-13(23)21(26)18(5)12(22)9-10-16(2,3)19(18,6)14(24)15(25)20(21,7)27-17/h8,12,14-15,22,24-26H,1,9-11H2,2-7H3/t12-,14+,15-,17?,18-,19-,20+,21-/m0/s1. The number of hydrogen-bond acceptors (Lipinski definition) is 6. The molecule has 1 unspecified atom stereocenters. The van der Waals surface area contributed by atoms with Gasteiger partial charge in [0, 0.05) is 17.3 Å². The molecule has 1 aliphatic heterocycles. The fourth-order valence-corrected chi connectivity index (χ4v) is 6.55. The van der Waals surface area contributed by atoms with E-state index in [0.29, 0.717) is 12.8 Å².